The largest absolute Gasteiger partial charge is 0.573 e. The van der Waals surface area contributed by atoms with Crippen molar-refractivity contribution in [3.05, 3.63) is 36.2 Å². The first kappa shape index (κ1) is 13.9. The number of hydrogen-bond donors (Lipinski definition) is 1. The molecule has 0 aliphatic heterocycles. The molecule has 5 nitrogen and oxygen atoms in total. The number of carbonyl (C=O) groups is 1. The zero-order valence-corrected chi connectivity index (χ0v) is 10.2. The molecule has 0 aliphatic rings. The van der Waals surface area contributed by atoms with Gasteiger partial charge in [-0.3, -0.25) is 0 Å². The van der Waals surface area contributed by atoms with Gasteiger partial charge in [0, 0.05) is 12.6 Å². The summed E-state index contributed by atoms with van der Waals surface area (Å²) in [5, 5.41) is 8.89. The molecule has 0 fully saturated rings. The summed E-state index contributed by atoms with van der Waals surface area (Å²) >= 11 is 0. The van der Waals surface area contributed by atoms with Gasteiger partial charge in [0.05, 0.1) is 6.20 Å². The van der Waals surface area contributed by atoms with E-state index in [1.54, 1.807) is 0 Å². The molecular formula is C12H9F3N2O3. The van der Waals surface area contributed by atoms with Crippen LogP contribution in [0.15, 0.2) is 30.5 Å². The molecule has 0 radical (unpaired) electrons. The van der Waals surface area contributed by atoms with Gasteiger partial charge >= 0.3 is 12.3 Å². The van der Waals surface area contributed by atoms with Crippen LogP contribution in [0.25, 0.3) is 11.4 Å². The van der Waals surface area contributed by atoms with E-state index in [1.807, 2.05) is 0 Å². The van der Waals surface area contributed by atoms with Crippen LogP contribution in [0.3, 0.4) is 0 Å². The molecule has 0 atom stereocenters. The fourth-order valence-electron chi connectivity index (χ4n) is 1.68. The standard InChI is InChI=1S/C12H9F3N2O3/c1-17-9(11(18)19)6-16-10(17)7-2-4-8(5-3-7)20-12(13,14)15/h2-6H,1H3,(H,18,19). The van der Waals surface area contributed by atoms with Gasteiger partial charge in [0.2, 0.25) is 0 Å². The minimum absolute atomic E-state index is 0.0179. The molecule has 2 rings (SSSR count). The first-order chi connectivity index (χ1) is 9.28. The molecule has 1 aromatic heterocycles. The number of imidazole rings is 1. The van der Waals surface area contributed by atoms with E-state index in [-0.39, 0.29) is 11.4 Å². The molecule has 2 aromatic rings. The lowest BCUT2D eigenvalue weighted by atomic mass is 10.2. The van der Waals surface area contributed by atoms with Crippen molar-refractivity contribution in [2.45, 2.75) is 6.36 Å². The molecule has 1 aromatic carbocycles. The van der Waals surface area contributed by atoms with Gasteiger partial charge < -0.3 is 14.4 Å². The van der Waals surface area contributed by atoms with Gasteiger partial charge in [0.1, 0.15) is 17.3 Å². The van der Waals surface area contributed by atoms with E-state index in [9.17, 15) is 18.0 Å². The minimum Gasteiger partial charge on any atom is -0.477 e. The van der Waals surface area contributed by atoms with E-state index in [1.165, 1.54) is 29.9 Å². The number of ether oxygens (including phenoxy) is 1. The lowest BCUT2D eigenvalue weighted by Gasteiger charge is -2.09. The smallest absolute Gasteiger partial charge is 0.477 e. The SMILES string of the molecule is Cn1c(C(=O)O)cnc1-c1ccc(OC(F)(F)F)cc1. The van der Waals surface area contributed by atoms with Gasteiger partial charge in [-0.2, -0.15) is 0 Å². The van der Waals surface area contributed by atoms with Crippen molar-refractivity contribution >= 4 is 5.97 Å². The number of alkyl halides is 3. The summed E-state index contributed by atoms with van der Waals surface area (Å²) in [6.45, 7) is 0. The van der Waals surface area contributed by atoms with Gasteiger partial charge in [-0.1, -0.05) is 0 Å². The van der Waals surface area contributed by atoms with E-state index in [0.29, 0.717) is 11.4 Å². The lowest BCUT2D eigenvalue weighted by Crippen LogP contribution is -2.16. The number of hydrogen-bond acceptors (Lipinski definition) is 3. The maximum atomic E-state index is 12.0. The highest BCUT2D eigenvalue weighted by Gasteiger charge is 2.31. The van der Waals surface area contributed by atoms with Crippen LogP contribution in [0.2, 0.25) is 0 Å². The number of aromatic carboxylic acids is 1. The van der Waals surface area contributed by atoms with Gasteiger partial charge in [0.25, 0.3) is 0 Å². The summed E-state index contributed by atoms with van der Waals surface area (Å²) in [5.41, 5.74) is 0.463. The Hall–Kier alpha value is -2.51. The van der Waals surface area contributed by atoms with Crippen LogP contribution in [0.4, 0.5) is 13.2 Å². The molecule has 0 amide bonds. The Bertz CT molecular complexity index is 632. The highest BCUT2D eigenvalue weighted by Crippen LogP contribution is 2.26. The molecule has 1 N–H and O–H groups in total. The van der Waals surface area contributed by atoms with Gasteiger partial charge in [-0.05, 0) is 24.3 Å². The first-order valence-corrected chi connectivity index (χ1v) is 5.39. The second kappa shape index (κ2) is 4.87. The second-order valence-corrected chi connectivity index (χ2v) is 3.90. The van der Waals surface area contributed by atoms with Gasteiger partial charge in [0.15, 0.2) is 0 Å². The zero-order valence-electron chi connectivity index (χ0n) is 10.2. The number of halogens is 3. The van der Waals surface area contributed by atoms with Crippen molar-refractivity contribution in [2.24, 2.45) is 7.05 Å². The Kier molecular flexibility index (Phi) is 3.39. The van der Waals surface area contributed by atoms with Crippen LogP contribution in [-0.4, -0.2) is 27.0 Å². The summed E-state index contributed by atoms with van der Waals surface area (Å²) < 4.78 is 41.1. The summed E-state index contributed by atoms with van der Waals surface area (Å²) in [6, 6.07) is 5.01. The Morgan fingerprint density at radius 1 is 1.30 bits per heavy atom. The number of carboxylic acid groups (broad SMARTS) is 1. The average Bonchev–Trinajstić information content (AvgIpc) is 2.70. The molecule has 0 unspecified atom stereocenters. The van der Waals surface area contributed by atoms with Crippen LogP contribution < -0.4 is 4.74 Å². The van der Waals surface area contributed by atoms with Crippen LogP contribution in [0.1, 0.15) is 10.5 Å². The van der Waals surface area contributed by atoms with E-state index >= 15 is 0 Å². The summed E-state index contributed by atoms with van der Waals surface area (Å²) in [4.78, 5) is 14.8. The Morgan fingerprint density at radius 3 is 2.35 bits per heavy atom. The van der Waals surface area contributed by atoms with Crippen molar-refractivity contribution in [2.75, 3.05) is 0 Å². The molecule has 106 valence electrons. The fraction of sp³-hybridized carbons (Fsp3) is 0.167. The van der Waals surface area contributed by atoms with Crippen molar-refractivity contribution in [1.82, 2.24) is 9.55 Å². The number of aromatic nitrogens is 2. The number of nitrogens with zero attached hydrogens (tertiary/aromatic N) is 2. The van der Waals surface area contributed by atoms with Crippen molar-refractivity contribution < 1.29 is 27.8 Å². The summed E-state index contributed by atoms with van der Waals surface area (Å²) in [5.74, 6) is -1.15. The van der Waals surface area contributed by atoms with E-state index < -0.39 is 12.3 Å². The Balaban J connectivity index is 2.29. The predicted octanol–water partition coefficient (Wildman–Crippen LogP) is 2.68. The molecule has 20 heavy (non-hydrogen) atoms. The Labute approximate surface area is 111 Å². The van der Waals surface area contributed by atoms with Crippen LogP contribution in [0, 0.1) is 0 Å². The predicted molar refractivity (Wildman–Crippen MR) is 62.3 cm³/mol. The molecule has 0 bridgehead atoms. The third-order valence-electron chi connectivity index (χ3n) is 2.55. The summed E-state index contributed by atoms with van der Waals surface area (Å²) in [6.07, 6.45) is -3.57. The molecule has 8 heteroatoms. The fourth-order valence-corrected chi connectivity index (χ4v) is 1.68. The lowest BCUT2D eigenvalue weighted by molar-refractivity contribution is -0.274. The normalized spacial score (nSPS) is 11.4. The first-order valence-electron chi connectivity index (χ1n) is 5.39. The Morgan fingerprint density at radius 2 is 1.90 bits per heavy atom. The molecular weight excluding hydrogens is 277 g/mol. The zero-order chi connectivity index (χ0) is 14.9. The second-order valence-electron chi connectivity index (χ2n) is 3.90. The molecule has 0 spiro atoms. The molecule has 0 aliphatic carbocycles. The molecule has 0 saturated heterocycles. The van der Waals surface area contributed by atoms with Crippen LogP contribution >= 0.6 is 0 Å². The van der Waals surface area contributed by atoms with Crippen molar-refractivity contribution in [1.29, 1.82) is 0 Å². The topological polar surface area (TPSA) is 64.4 Å². The highest BCUT2D eigenvalue weighted by atomic mass is 19.4. The van der Waals surface area contributed by atoms with E-state index in [0.717, 1.165) is 12.1 Å². The summed E-state index contributed by atoms with van der Waals surface area (Å²) in [7, 11) is 1.51. The third-order valence-corrected chi connectivity index (χ3v) is 2.55. The molecule has 1 heterocycles. The number of carboxylic acids is 1. The average molecular weight is 286 g/mol. The van der Waals surface area contributed by atoms with E-state index in [2.05, 4.69) is 9.72 Å². The maximum Gasteiger partial charge on any atom is 0.573 e. The maximum absolute atomic E-state index is 12.0. The van der Waals surface area contributed by atoms with Crippen molar-refractivity contribution in [3.8, 4) is 17.1 Å². The quantitative estimate of drug-likeness (QED) is 0.942. The molecule has 0 saturated carbocycles. The van der Waals surface area contributed by atoms with Crippen molar-refractivity contribution in [3.63, 3.8) is 0 Å². The van der Waals surface area contributed by atoms with Gasteiger partial charge in [-0.15, -0.1) is 13.2 Å². The minimum atomic E-state index is -4.75. The van der Waals surface area contributed by atoms with E-state index in [4.69, 9.17) is 5.11 Å². The monoisotopic (exact) mass is 286 g/mol. The highest BCUT2D eigenvalue weighted by molar-refractivity contribution is 5.86. The van der Waals surface area contributed by atoms with Crippen LogP contribution in [0.5, 0.6) is 5.75 Å². The van der Waals surface area contributed by atoms with Crippen LogP contribution in [-0.2, 0) is 7.05 Å². The third kappa shape index (κ3) is 2.90. The number of benzene rings is 1. The van der Waals surface area contributed by atoms with Gasteiger partial charge in [-0.25, -0.2) is 9.78 Å². The number of rotatable bonds is 3.